The summed E-state index contributed by atoms with van der Waals surface area (Å²) in [6.07, 6.45) is -10.4. The van der Waals surface area contributed by atoms with E-state index < -0.39 is 40.5 Å². The van der Waals surface area contributed by atoms with Crippen LogP contribution in [0.25, 0.3) is 11.1 Å². The zero-order valence-corrected chi connectivity index (χ0v) is 10.6. The molecule has 0 saturated heterocycles. The number of hydrogen-bond acceptors (Lipinski definition) is 2. The predicted molar refractivity (Wildman–Crippen MR) is 65.2 cm³/mol. The second kappa shape index (κ2) is 5.11. The summed E-state index contributed by atoms with van der Waals surface area (Å²) in [5.41, 5.74) is -5.21. The van der Waals surface area contributed by atoms with E-state index in [2.05, 4.69) is 0 Å². The van der Waals surface area contributed by atoms with E-state index in [-0.39, 0.29) is 11.6 Å². The van der Waals surface area contributed by atoms with Gasteiger partial charge in [0.2, 0.25) is 0 Å². The zero-order valence-electron chi connectivity index (χ0n) is 10.6. The highest BCUT2D eigenvalue weighted by Gasteiger charge is 2.44. The molecule has 8 heteroatoms. The van der Waals surface area contributed by atoms with Crippen molar-refractivity contribution in [1.29, 1.82) is 0 Å². The van der Waals surface area contributed by atoms with Crippen LogP contribution in [0.15, 0.2) is 36.4 Å². The molecule has 0 atom stereocenters. The van der Waals surface area contributed by atoms with Gasteiger partial charge in [-0.15, -0.1) is 0 Å². The number of alkyl halides is 6. The van der Waals surface area contributed by atoms with E-state index in [0.29, 0.717) is 0 Å². The molecule has 0 aliphatic rings. The summed E-state index contributed by atoms with van der Waals surface area (Å²) in [5.74, 6) is -3.13. The topological polar surface area (TPSA) is 40.5 Å². The average Bonchev–Trinajstić information content (AvgIpc) is 2.39. The lowest BCUT2D eigenvalue weighted by Gasteiger charge is -2.20. The second-order valence-electron chi connectivity index (χ2n) is 4.40. The summed E-state index contributed by atoms with van der Waals surface area (Å²) < 4.78 is 78.5. The van der Waals surface area contributed by atoms with E-state index in [9.17, 15) is 36.6 Å². The predicted octanol–water partition coefficient (Wildman–Crippen LogP) is 4.80. The summed E-state index contributed by atoms with van der Waals surface area (Å²) in [5, 5.41) is 18.7. The molecule has 0 spiro atoms. The molecule has 2 N–H and O–H groups in total. The Bertz CT molecular complexity index is 689. The lowest BCUT2D eigenvalue weighted by atomic mass is 9.92. The van der Waals surface area contributed by atoms with Crippen molar-refractivity contribution in [3.8, 4) is 22.6 Å². The van der Waals surface area contributed by atoms with Gasteiger partial charge >= 0.3 is 12.4 Å². The minimum absolute atomic E-state index is 0.0763. The molecule has 0 aliphatic carbocycles. The highest BCUT2D eigenvalue weighted by atomic mass is 19.4. The summed E-state index contributed by atoms with van der Waals surface area (Å²) in [4.78, 5) is 0. The van der Waals surface area contributed by atoms with Crippen LogP contribution in [0.5, 0.6) is 11.5 Å². The fraction of sp³-hybridized carbons (Fsp3) is 0.143. The van der Waals surface area contributed by atoms with Gasteiger partial charge in [-0.1, -0.05) is 30.3 Å². The van der Waals surface area contributed by atoms with Crippen LogP contribution in [0.3, 0.4) is 0 Å². The second-order valence-corrected chi connectivity index (χ2v) is 4.40. The van der Waals surface area contributed by atoms with Crippen LogP contribution in [0.1, 0.15) is 11.1 Å². The first-order valence-corrected chi connectivity index (χ1v) is 5.82. The Morgan fingerprint density at radius 2 is 1.32 bits per heavy atom. The number of aromatic hydroxyl groups is 2. The Labute approximate surface area is 120 Å². The zero-order chi connectivity index (χ0) is 16.7. The monoisotopic (exact) mass is 322 g/mol. The van der Waals surface area contributed by atoms with Crippen molar-refractivity contribution in [3.05, 3.63) is 47.5 Å². The maximum absolute atomic E-state index is 13.1. The molecule has 0 amide bonds. The molecule has 0 unspecified atom stereocenters. The van der Waals surface area contributed by atoms with Crippen molar-refractivity contribution in [1.82, 2.24) is 0 Å². The van der Waals surface area contributed by atoms with Crippen LogP contribution in [0.2, 0.25) is 0 Å². The van der Waals surface area contributed by atoms with E-state index in [1.807, 2.05) is 0 Å². The fourth-order valence-corrected chi connectivity index (χ4v) is 2.06. The highest BCUT2D eigenvalue weighted by Crippen LogP contribution is 2.51. The van der Waals surface area contributed by atoms with Gasteiger partial charge in [0.25, 0.3) is 0 Å². The fourth-order valence-electron chi connectivity index (χ4n) is 2.06. The van der Waals surface area contributed by atoms with Gasteiger partial charge in [-0.3, -0.25) is 0 Å². The molecular formula is C14H8F6O2. The number of benzene rings is 2. The first-order chi connectivity index (χ1) is 10.0. The van der Waals surface area contributed by atoms with Crippen molar-refractivity contribution < 1.29 is 36.6 Å². The molecule has 0 fully saturated rings. The van der Waals surface area contributed by atoms with Crippen molar-refractivity contribution >= 4 is 0 Å². The Morgan fingerprint density at radius 1 is 0.773 bits per heavy atom. The minimum atomic E-state index is -5.28. The van der Waals surface area contributed by atoms with Gasteiger partial charge in [0, 0.05) is 5.56 Å². The van der Waals surface area contributed by atoms with E-state index in [1.54, 1.807) is 0 Å². The smallest absolute Gasteiger partial charge is 0.420 e. The van der Waals surface area contributed by atoms with Crippen molar-refractivity contribution in [2.24, 2.45) is 0 Å². The van der Waals surface area contributed by atoms with E-state index in [4.69, 9.17) is 0 Å². The van der Waals surface area contributed by atoms with Gasteiger partial charge in [0.1, 0.15) is 5.56 Å². The van der Waals surface area contributed by atoms with Crippen LogP contribution in [0.4, 0.5) is 26.3 Å². The number of phenolic OH excluding ortho intramolecular Hbond substituents is 2. The molecule has 0 bridgehead atoms. The maximum atomic E-state index is 13.1. The molecule has 0 radical (unpaired) electrons. The molecule has 118 valence electrons. The van der Waals surface area contributed by atoms with Crippen LogP contribution in [-0.4, -0.2) is 10.2 Å². The third kappa shape index (κ3) is 2.81. The van der Waals surface area contributed by atoms with Crippen molar-refractivity contribution in [2.75, 3.05) is 0 Å². The molecule has 22 heavy (non-hydrogen) atoms. The minimum Gasteiger partial charge on any atom is -0.504 e. The van der Waals surface area contributed by atoms with Crippen LogP contribution in [0, 0.1) is 0 Å². The van der Waals surface area contributed by atoms with E-state index in [1.165, 1.54) is 18.2 Å². The van der Waals surface area contributed by atoms with Crippen LogP contribution < -0.4 is 0 Å². The molecule has 2 nitrogen and oxygen atoms in total. The number of hydrogen-bond donors (Lipinski definition) is 2. The first kappa shape index (κ1) is 16.0. The van der Waals surface area contributed by atoms with Gasteiger partial charge in [-0.05, 0) is 11.6 Å². The van der Waals surface area contributed by atoms with Gasteiger partial charge in [-0.2, -0.15) is 26.3 Å². The molecule has 0 aliphatic heterocycles. The molecule has 2 rings (SSSR count). The standard InChI is InChI=1S/C14H8F6O2/c15-13(16,17)8-6-9(21)12(22)11(14(18,19)20)10(8)7-4-2-1-3-5-7/h1-6,21-22H. The summed E-state index contributed by atoms with van der Waals surface area (Å²) in [6.45, 7) is 0. The molecule has 0 aromatic heterocycles. The third-order valence-corrected chi connectivity index (χ3v) is 2.93. The number of rotatable bonds is 1. The Balaban J connectivity index is 2.97. The Morgan fingerprint density at radius 3 is 1.77 bits per heavy atom. The SMILES string of the molecule is Oc1cc(C(F)(F)F)c(-c2ccccc2)c(C(F)(F)F)c1O. The number of halogens is 6. The molecule has 2 aromatic carbocycles. The van der Waals surface area contributed by atoms with Crippen molar-refractivity contribution in [3.63, 3.8) is 0 Å². The van der Waals surface area contributed by atoms with Gasteiger partial charge in [0.15, 0.2) is 11.5 Å². The third-order valence-electron chi connectivity index (χ3n) is 2.93. The largest absolute Gasteiger partial charge is 0.504 e. The lowest BCUT2D eigenvalue weighted by molar-refractivity contribution is -0.143. The molecule has 0 heterocycles. The highest BCUT2D eigenvalue weighted by molar-refractivity contribution is 5.77. The van der Waals surface area contributed by atoms with E-state index >= 15 is 0 Å². The summed E-state index contributed by atoms with van der Waals surface area (Å²) in [7, 11) is 0. The first-order valence-electron chi connectivity index (χ1n) is 5.82. The Hall–Kier alpha value is -2.38. The van der Waals surface area contributed by atoms with Crippen molar-refractivity contribution in [2.45, 2.75) is 12.4 Å². The lowest BCUT2D eigenvalue weighted by Crippen LogP contribution is -2.14. The Kier molecular flexibility index (Phi) is 3.72. The van der Waals surface area contributed by atoms with Gasteiger partial charge < -0.3 is 10.2 Å². The number of phenols is 2. The summed E-state index contributed by atoms with van der Waals surface area (Å²) in [6, 6.07) is 6.13. The van der Waals surface area contributed by atoms with Gasteiger partial charge in [0.05, 0.1) is 5.56 Å². The van der Waals surface area contributed by atoms with Crippen LogP contribution in [-0.2, 0) is 12.4 Å². The molecule has 0 saturated carbocycles. The molecule has 2 aromatic rings. The average molecular weight is 322 g/mol. The molecular weight excluding hydrogens is 314 g/mol. The van der Waals surface area contributed by atoms with Crippen LogP contribution >= 0.6 is 0 Å². The normalized spacial score (nSPS) is 12.5. The van der Waals surface area contributed by atoms with E-state index in [0.717, 1.165) is 12.1 Å². The quantitative estimate of drug-likeness (QED) is 0.585. The van der Waals surface area contributed by atoms with Gasteiger partial charge in [-0.25, -0.2) is 0 Å². The maximum Gasteiger partial charge on any atom is 0.420 e. The summed E-state index contributed by atoms with van der Waals surface area (Å²) >= 11 is 0.